The van der Waals surface area contributed by atoms with Crippen LogP contribution in [-0.2, 0) is 55.7 Å². The van der Waals surface area contributed by atoms with Crippen LogP contribution in [0.1, 0.15) is 26.7 Å². The van der Waals surface area contributed by atoms with E-state index in [0.29, 0.717) is 0 Å². The van der Waals surface area contributed by atoms with Gasteiger partial charge >= 0.3 is 37.1 Å². The predicted molar refractivity (Wildman–Crippen MR) is 58.2 cm³/mol. The minimum absolute atomic E-state index is 0. The quantitative estimate of drug-likeness (QED) is 0.676. The van der Waals surface area contributed by atoms with Crippen molar-refractivity contribution in [2.45, 2.75) is 26.7 Å². The van der Waals surface area contributed by atoms with Crippen molar-refractivity contribution in [3.8, 4) is 0 Å². The predicted octanol–water partition coefficient (Wildman–Crippen LogP) is 3.97. The Bertz CT molecular complexity index is 95.0. The molecule has 0 amide bonds. The van der Waals surface area contributed by atoms with Crippen LogP contribution < -0.4 is 0 Å². The summed E-state index contributed by atoms with van der Waals surface area (Å²) in [6.45, 7) is 20.2. The zero-order valence-corrected chi connectivity index (χ0v) is 13.8. The maximum absolute atomic E-state index is 5.01. The van der Waals surface area contributed by atoms with Gasteiger partial charge in [0.2, 0.25) is 0 Å². The van der Waals surface area contributed by atoms with Gasteiger partial charge in [0.1, 0.15) is 0 Å². The van der Waals surface area contributed by atoms with Crippen molar-refractivity contribution in [3.63, 3.8) is 0 Å². The first-order chi connectivity index (χ1) is 5.74. The van der Waals surface area contributed by atoms with Gasteiger partial charge in [-0.3, -0.25) is 6.08 Å². The first kappa shape index (κ1) is 36.1. The van der Waals surface area contributed by atoms with Gasteiger partial charge in [-0.25, -0.2) is 19.1 Å². The molecule has 0 rings (SSSR count). The van der Waals surface area contributed by atoms with Crippen LogP contribution in [0, 0.1) is 27.0 Å². The second-order valence-corrected chi connectivity index (χ2v) is 1.83. The Morgan fingerprint density at radius 3 is 1.40 bits per heavy atom. The number of hydrogen-bond donors (Lipinski definition) is 0. The molecule has 0 unspecified atom stereocenters. The fourth-order valence-corrected chi connectivity index (χ4v) is 0.167. The molecule has 0 aromatic rings. The van der Waals surface area contributed by atoms with Gasteiger partial charge < -0.3 is 26.2 Å². The molecule has 0 aromatic heterocycles. The Balaban J connectivity index is -0.0000000189. The molecule has 15 heavy (non-hydrogen) atoms. The Kier molecular flexibility index (Phi) is 148. The van der Waals surface area contributed by atoms with Gasteiger partial charge in [-0.05, 0) is 0 Å². The molecule has 0 bridgehead atoms. The average molecular weight is 317 g/mol. The molecule has 83 valence electrons. The van der Waals surface area contributed by atoms with Gasteiger partial charge in [-0.2, -0.15) is 0 Å². The molecule has 0 saturated heterocycles. The van der Waals surface area contributed by atoms with Crippen molar-refractivity contribution in [1.29, 1.82) is 0 Å². The number of allylic oxidation sites excluding steroid dienone is 4. The second kappa shape index (κ2) is 61.4. The maximum Gasteiger partial charge on any atom is 2.00 e. The summed E-state index contributed by atoms with van der Waals surface area (Å²) in [6.07, 6.45) is 8.77. The van der Waals surface area contributed by atoms with Crippen LogP contribution >= 0.6 is 0 Å². The third-order valence-electron chi connectivity index (χ3n) is 0.691. The molecule has 0 aliphatic carbocycles. The van der Waals surface area contributed by atoms with Crippen molar-refractivity contribution in [1.82, 2.24) is 0 Å². The van der Waals surface area contributed by atoms with E-state index >= 15 is 0 Å². The first-order valence-electron chi connectivity index (χ1n) is 4.01. The molecule has 0 fully saturated rings. The van der Waals surface area contributed by atoms with E-state index < -0.39 is 0 Å². The Hall–Kier alpha value is 0.713. The summed E-state index contributed by atoms with van der Waals surface area (Å²) in [7, 11) is 0. The molecule has 0 nitrogen and oxygen atoms in total. The van der Waals surface area contributed by atoms with Gasteiger partial charge in [-0.1, -0.05) is 19.8 Å². The van der Waals surface area contributed by atoms with Crippen LogP contribution in [0.2, 0.25) is 0 Å². The van der Waals surface area contributed by atoms with Crippen molar-refractivity contribution < 1.29 is 55.7 Å². The third kappa shape index (κ3) is 172. The van der Waals surface area contributed by atoms with Crippen molar-refractivity contribution in [2.24, 2.45) is 0 Å². The van der Waals surface area contributed by atoms with Gasteiger partial charge in [0.05, 0.1) is 0 Å². The van der Waals surface area contributed by atoms with E-state index in [2.05, 4.69) is 27.4 Å². The molecule has 0 aromatic carbocycles. The Labute approximate surface area is 133 Å². The number of hydrogen-bond acceptors (Lipinski definition) is 0. The van der Waals surface area contributed by atoms with Crippen LogP contribution in [0.25, 0.3) is 0 Å². The molecule has 0 aliphatic heterocycles. The monoisotopic (exact) mass is 317 g/mol. The van der Waals surface area contributed by atoms with Crippen molar-refractivity contribution >= 4 is 0 Å². The normalized spacial score (nSPS) is 5.73. The number of rotatable bonds is 2. The summed E-state index contributed by atoms with van der Waals surface area (Å²) in [4.78, 5) is 0. The molecule has 0 aliphatic rings. The summed E-state index contributed by atoms with van der Waals surface area (Å²) in [6, 6.07) is 0. The SMILES string of the molecule is [CH-]=CCCC.[CH-]=C[CH2-].[CH2-]/C=C/C.[V+2].[V+2].[V]. The van der Waals surface area contributed by atoms with Crippen molar-refractivity contribution in [2.75, 3.05) is 0 Å². The van der Waals surface area contributed by atoms with Gasteiger partial charge in [0, 0.05) is 18.6 Å². The minimum Gasteiger partial charge on any atom is -0.549 e. The topological polar surface area (TPSA) is 0 Å². The third-order valence-corrected chi connectivity index (χ3v) is 0.691. The summed E-state index contributed by atoms with van der Waals surface area (Å²) in [5, 5.41) is 0. The van der Waals surface area contributed by atoms with Crippen molar-refractivity contribution in [3.05, 3.63) is 51.3 Å². The molecule has 3 heteroatoms. The summed E-state index contributed by atoms with van der Waals surface area (Å²) in [5.41, 5.74) is 0. The summed E-state index contributed by atoms with van der Waals surface area (Å²) >= 11 is 0. The van der Waals surface area contributed by atoms with Crippen LogP contribution in [0.15, 0.2) is 24.3 Å². The van der Waals surface area contributed by atoms with Gasteiger partial charge in [0.25, 0.3) is 0 Å². The van der Waals surface area contributed by atoms with Gasteiger partial charge in [-0.15, -0.1) is 6.92 Å². The van der Waals surface area contributed by atoms with Crippen LogP contribution in [0.3, 0.4) is 0 Å². The first-order valence-corrected chi connectivity index (χ1v) is 4.01. The number of unbranched alkanes of at least 4 members (excludes halogenated alkanes) is 1. The van der Waals surface area contributed by atoms with E-state index in [0.717, 1.165) is 12.8 Å². The fraction of sp³-hybridized carbons (Fsp3) is 0.333. The molecule has 0 spiro atoms. The molecule has 0 heterocycles. The average Bonchev–Trinajstić information content (AvgIpc) is 2.08. The van der Waals surface area contributed by atoms with Crippen LogP contribution in [0.5, 0.6) is 0 Å². The zero-order chi connectivity index (χ0) is 10.2. The fourth-order valence-electron chi connectivity index (χ4n) is 0.167. The largest absolute Gasteiger partial charge is 2.00 e. The van der Waals surface area contributed by atoms with E-state index in [1.807, 2.05) is 13.0 Å². The minimum atomic E-state index is 0. The Morgan fingerprint density at radius 2 is 1.40 bits per heavy atom. The van der Waals surface area contributed by atoms with Crippen LogP contribution in [-0.4, -0.2) is 0 Å². The second-order valence-electron chi connectivity index (χ2n) is 1.83. The molecule has 3 radical (unpaired) electrons. The Morgan fingerprint density at radius 1 is 1.13 bits per heavy atom. The van der Waals surface area contributed by atoms with E-state index in [-0.39, 0.29) is 55.7 Å². The molecular formula is C12H20V3. The van der Waals surface area contributed by atoms with Gasteiger partial charge in [0.15, 0.2) is 0 Å². The van der Waals surface area contributed by atoms with E-state index in [4.69, 9.17) is 6.58 Å². The van der Waals surface area contributed by atoms with Crippen LogP contribution in [0.4, 0.5) is 0 Å². The van der Waals surface area contributed by atoms with E-state index in [1.54, 1.807) is 12.2 Å². The zero-order valence-electron chi connectivity index (χ0n) is 9.63. The smallest absolute Gasteiger partial charge is 0.549 e. The van der Waals surface area contributed by atoms with E-state index in [9.17, 15) is 0 Å². The molecule has 0 N–H and O–H groups in total. The van der Waals surface area contributed by atoms with E-state index in [1.165, 1.54) is 6.08 Å². The molecular weight excluding hydrogens is 297 g/mol. The molecule has 0 atom stereocenters. The summed E-state index contributed by atoms with van der Waals surface area (Å²) in [5.74, 6) is 0. The maximum atomic E-state index is 5.01. The molecule has 0 saturated carbocycles. The summed E-state index contributed by atoms with van der Waals surface area (Å²) < 4.78 is 0. The standard InChI is InChI=1S/C5H9.C4H7.C3H4.3V/c1-3-5-4-2;1-3-4-2;1-3-2;;;/h1,3H,4-5H2,2H3;3-4H,1H2,2H3;1,3H,2H2;;;/q2*-1;-2;;2*+2/b;4-3+;;;;.